The molecule has 18 heavy (non-hydrogen) atoms. The lowest BCUT2D eigenvalue weighted by Crippen LogP contribution is -2.54. The van der Waals surface area contributed by atoms with Gasteiger partial charge in [-0.05, 0) is 25.1 Å². The van der Waals surface area contributed by atoms with Gasteiger partial charge in [-0.1, -0.05) is 11.5 Å². The molecule has 0 aromatic carbocycles. The van der Waals surface area contributed by atoms with Crippen molar-refractivity contribution in [3.05, 3.63) is 16.3 Å². The summed E-state index contributed by atoms with van der Waals surface area (Å²) in [6, 6.07) is 1.90. The number of hydrogen-bond acceptors (Lipinski definition) is 4. The highest BCUT2D eigenvalue weighted by molar-refractivity contribution is 7.11. The normalized spacial score (nSPS) is 29.6. The molecule has 1 aromatic heterocycles. The number of nitrogens with two attached hydrogens (primary N) is 1. The van der Waals surface area contributed by atoms with E-state index in [-0.39, 0.29) is 11.9 Å². The Hall–Kier alpha value is -1.30. The van der Waals surface area contributed by atoms with Gasteiger partial charge < -0.3 is 5.73 Å². The monoisotopic (exact) mass is 259 g/mol. The molecule has 1 aliphatic heterocycles. The summed E-state index contributed by atoms with van der Waals surface area (Å²) in [6.45, 7) is 1.99. The Kier molecular flexibility index (Phi) is 2.21. The predicted octanol–water partition coefficient (Wildman–Crippen LogP) is 0.324. The molecule has 2 heterocycles. The average molecular weight is 259 g/mol. The van der Waals surface area contributed by atoms with Gasteiger partial charge in [-0.3, -0.25) is 9.69 Å². The van der Waals surface area contributed by atoms with Crippen LogP contribution >= 0.6 is 11.3 Å². The van der Waals surface area contributed by atoms with Crippen molar-refractivity contribution in [3.8, 4) is 0 Å². The van der Waals surface area contributed by atoms with Crippen LogP contribution in [0.3, 0.4) is 0 Å². The van der Waals surface area contributed by atoms with Gasteiger partial charge in [0.15, 0.2) is 5.96 Å². The van der Waals surface area contributed by atoms with Crippen molar-refractivity contribution in [2.24, 2.45) is 16.1 Å². The molecular formula is C12H14BN3OS. The van der Waals surface area contributed by atoms with E-state index in [1.807, 2.05) is 18.4 Å². The third kappa shape index (κ3) is 1.27. The minimum atomic E-state index is -0.567. The van der Waals surface area contributed by atoms with Crippen LogP contribution in [-0.2, 0) is 10.3 Å². The summed E-state index contributed by atoms with van der Waals surface area (Å²) in [5, 5.41) is 1.88. The summed E-state index contributed by atoms with van der Waals surface area (Å²) in [5.74, 6) is 0.358. The van der Waals surface area contributed by atoms with E-state index in [1.54, 1.807) is 18.4 Å². The fraction of sp³-hybridized carbons (Fsp3) is 0.500. The van der Waals surface area contributed by atoms with Crippen molar-refractivity contribution in [1.29, 1.82) is 0 Å². The topological polar surface area (TPSA) is 58.7 Å². The zero-order valence-electron chi connectivity index (χ0n) is 10.4. The van der Waals surface area contributed by atoms with Crippen LogP contribution in [0.2, 0.25) is 0 Å². The van der Waals surface area contributed by atoms with Gasteiger partial charge in [-0.15, -0.1) is 11.3 Å². The van der Waals surface area contributed by atoms with Crippen molar-refractivity contribution >= 4 is 36.5 Å². The number of thiophene rings is 1. The van der Waals surface area contributed by atoms with Crippen LogP contribution in [0.4, 0.5) is 0 Å². The molecule has 0 saturated heterocycles. The number of amides is 1. The Balaban J connectivity index is 2.18. The summed E-state index contributed by atoms with van der Waals surface area (Å²) in [4.78, 5) is 19.5. The van der Waals surface area contributed by atoms with Gasteiger partial charge in [0.25, 0.3) is 0 Å². The predicted molar refractivity (Wildman–Crippen MR) is 73.1 cm³/mol. The van der Waals surface area contributed by atoms with Crippen molar-refractivity contribution in [3.63, 3.8) is 0 Å². The number of hydrogen-bond donors (Lipinski definition) is 1. The molecule has 92 valence electrons. The van der Waals surface area contributed by atoms with Crippen LogP contribution in [0.15, 0.2) is 16.4 Å². The molecule has 2 N–H and O–H groups in total. The molecular weight excluding hydrogens is 245 g/mol. The lowest BCUT2D eigenvalue weighted by atomic mass is 9.78. The maximum Gasteiger partial charge on any atom is 0.238 e. The maximum absolute atomic E-state index is 12.5. The van der Waals surface area contributed by atoms with Crippen LogP contribution in [0.1, 0.15) is 24.6 Å². The van der Waals surface area contributed by atoms with Crippen molar-refractivity contribution in [2.45, 2.75) is 25.3 Å². The highest BCUT2D eigenvalue weighted by Gasteiger charge is 2.66. The molecule has 1 saturated carbocycles. The number of rotatable bonds is 1. The highest BCUT2D eigenvalue weighted by Crippen LogP contribution is 2.62. The zero-order valence-corrected chi connectivity index (χ0v) is 11.3. The Morgan fingerprint density at radius 2 is 2.22 bits per heavy atom. The van der Waals surface area contributed by atoms with Crippen LogP contribution in [0, 0.1) is 5.41 Å². The van der Waals surface area contributed by atoms with Crippen LogP contribution in [-0.4, -0.2) is 31.7 Å². The molecule has 0 unspecified atom stereocenters. The first-order valence-electron chi connectivity index (χ1n) is 5.89. The SMILES string of the molecule is [B]c1csc([C@@]2(C)N=C(N)N(C)C(=O)C23CC3)c1. The van der Waals surface area contributed by atoms with E-state index in [2.05, 4.69) is 4.99 Å². The molecule has 3 rings (SSSR count). The van der Waals surface area contributed by atoms with Gasteiger partial charge in [-0.2, -0.15) is 0 Å². The van der Waals surface area contributed by atoms with E-state index in [0.29, 0.717) is 5.46 Å². The quantitative estimate of drug-likeness (QED) is 0.738. The van der Waals surface area contributed by atoms with Crippen molar-refractivity contribution < 1.29 is 4.79 Å². The zero-order chi connectivity index (χ0) is 13.1. The summed E-state index contributed by atoms with van der Waals surface area (Å²) in [5.41, 5.74) is 5.60. The Bertz CT molecular complexity index is 563. The van der Waals surface area contributed by atoms with Gasteiger partial charge in [0, 0.05) is 11.9 Å². The number of carbonyl (C=O) groups is 1. The second-order valence-corrected chi connectivity index (χ2v) is 6.14. The van der Waals surface area contributed by atoms with Gasteiger partial charge in [0.05, 0.1) is 5.41 Å². The molecule has 1 aromatic rings. The molecule has 0 bridgehead atoms. The summed E-state index contributed by atoms with van der Waals surface area (Å²) in [7, 11) is 7.47. The van der Waals surface area contributed by atoms with Crippen molar-refractivity contribution in [1.82, 2.24) is 4.90 Å². The number of aliphatic imine (C=N–C) groups is 1. The number of carbonyl (C=O) groups excluding carboxylic acids is 1. The standard InChI is InChI=1S/C12H14BN3OS/c1-11(8-5-7(13)6-18-8)12(3-4-12)9(17)16(2)10(14)15-11/h5-6H,3-4H2,1-2H3,(H2,14,15)/t11-/m1/s1. The minimum Gasteiger partial charge on any atom is -0.369 e. The second kappa shape index (κ2) is 3.38. The molecule has 1 aliphatic carbocycles. The van der Waals surface area contributed by atoms with Gasteiger partial charge >= 0.3 is 0 Å². The number of guanidine groups is 1. The van der Waals surface area contributed by atoms with Crippen LogP contribution < -0.4 is 11.2 Å². The fourth-order valence-corrected chi connectivity index (χ4v) is 3.77. The molecule has 1 spiro atoms. The van der Waals surface area contributed by atoms with Crippen LogP contribution in [0.25, 0.3) is 0 Å². The first-order valence-corrected chi connectivity index (χ1v) is 6.77. The summed E-state index contributed by atoms with van der Waals surface area (Å²) >= 11 is 1.54. The van der Waals surface area contributed by atoms with Gasteiger partial charge in [0.2, 0.25) is 5.91 Å². The molecule has 2 radical (unpaired) electrons. The van der Waals surface area contributed by atoms with Crippen molar-refractivity contribution in [2.75, 3.05) is 7.05 Å². The van der Waals surface area contributed by atoms with Gasteiger partial charge in [0.1, 0.15) is 13.4 Å². The first-order chi connectivity index (χ1) is 8.41. The molecule has 4 nitrogen and oxygen atoms in total. The Morgan fingerprint density at radius 1 is 1.56 bits per heavy atom. The van der Waals surface area contributed by atoms with Crippen LogP contribution in [0.5, 0.6) is 0 Å². The lowest BCUT2D eigenvalue weighted by Gasteiger charge is -2.40. The highest BCUT2D eigenvalue weighted by atomic mass is 32.1. The second-order valence-electron chi connectivity index (χ2n) is 5.23. The van der Waals surface area contributed by atoms with E-state index < -0.39 is 11.0 Å². The summed E-state index contributed by atoms with van der Waals surface area (Å²) in [6.07, 6.45) is 1.72. The average Bonchev–Trinajstić information content (AvgIpc) is 3.02. The minimum absolute atomic E-state index is 0.0736. The smallest absolute Gasteiger partial charge is 0.238 e. The first kappa shape index (κ1) is 11.8. The Labute approximate surface area is 111 Å². The maximum atomic E-state index is 12.5. The third-order valence-corrected chi connectivity index (χ3v) is 5.34. The molecule has 2 aliphatic rings. The largest absolute Gasteiger partial charge is 0.369 e. The third-order valence-electron chi connectivity index (χ3n) is 4.18. The fourth-order valence-electron chi connectivity index (χ4n) is 2.77. The molecule has 1 atom stereocenters. The van der Waals surface area contributed by atoms with E-state index >= 15 is 0 Å². The lowest BCUT2D eigenvalue weighted by molar-refractivity contribution is -0.135. The van der Waals surface area contributed by atoms with E-state index in [9.17, 15) is 4.79 Å². The van der Waals surface area contributed by atoms with E-state index in [4.69, 9.17) is 13.6 Å². The molecule has 6 heteroatoms. The van der Waals surface area contributed by atoms with Gasteiger partial charge in [-0.25, -0.2) is 4.99 Å². The van der Waals surface area contributed by atoms with E-state index in [1.165, 1.54) is 4.90 Å². The summed E-state index contributed by atoms with van der Waals surface area (Å²) < 4.78 is 0. The molecule has 1 fully saturated rings. The Morgan fingerprint density at radius 3 is 2.72 bits per heavy atom. The number of nitrogens with zero attached hydrogens (tertiary/aromatic N) is 2. The molecule has 1 amide bonds. The van der Waals surface area contributed by atoms with E-state index in [0.717, 1.165) is 17.7 Å².